The van der Waals surface area contributed by atoms with E-state index in [0.29, 0.717) is 19.5 Å². The number of likely N-dealkylation sites (tertiary alicyclic amines) is 1. The standard InChI is InChI=1S/C10H18N2O4/c1-3-6(2)8(11-10(15)16)9(14)12-4-7(13)5-12/h6-8,11,13H,3-5H2,1-2H3,(H,15,16)/t6-,8-/m0/s1. The molecule has 0 aromatic rings. The van der Waals surface area contributed by atoms with Crippen LogP contribution < -0.4 is 5.32 Å². The second-order valence-electron chi connectivity index (χ2n) is 4.21. The van der Waals surface area contributed by atoms with Gasteiger partial charge in [0.05, 0.1) is 6.10 Å². The molecule has 16 heavy (non-hydrogen) atoms. The van der Waals surface area contributed by atoms with Crippen LogP contribution in [0, 0.1) is 5.92 Å². The predicted octanol–water partition coefficient (Wildman–Crippen LogP) is -0.128. The fourth-order valence-corrected chi connectivity index (χ4v) is 1.65. The number of hydrogen-bond acceptors (Lipinski definition) is 3. The molecule has 92 valence electrons. The Balaban J connectivity index is 2.60. The summed E-state index contributed by atoms with van der Waals surface area (Å²) in [6.45, 7) is 4.33. The van der Waals surface area contributed by atoms with Crippen molar-refractivity contribution < 1.29 is 19.8 Å². The molecule has 1 saturated heterocycles. The number of rotatable bonds is 4. The summed E-state index contributed by atoms with van der Waals surface area (Å²) in [5.41, 5.74) is 0. The molecular weight excluding hydrogens is 212 g/mol. The summed E-state index contributed by atoms with van der Waals surface area (Å²) in [4.78, 5) is 24.0. The first-order valence-corrected chi connectivity index (χ1v) is 5.42. The highest BCUT2D eigenvalue weighted by molar-refractivity contribution is 5.86. The van der Waals surface area contributed by atoms with Gasteiger partial charge in [0.1, 0.15) is 6.04 Å². The highest BCUT2D eigenvalue weighted by Gasteiger charge is 2.36. The Morgan fingerprint density at radius 1 is 1.50 bits per heavy atom. The lowest BCUT2D eigenvalue weighted by molar-refractivity contribution is -0.144. The summed E-state index contributed by atoms with van der Waals surface area (Å²) in [5.74, 6) is -0.302. The maximum atomic E-state index is 11.9. The lowest BCUT2D eigenvalue weighted by Crippen LogP contribution is -2.60. The molecule has 0 radical (unpaired) electrons. The summed E-state index contributed by atoms with van der Waals surface area (Å²) in [6.07, 6.45) is -0.946. The van der Waals surface area contributed by atoms with Crippen molar-refractivity contribution in [3.63, 3.8) is 0 Å². The molecule has 0 aromatic heterocycles. The molecule has 1 heterocycles. The highest BCUT2D eigenvalue weighted by atomic mass is 16.4. The number of amides is 2. The highest BCUT2D eigenvalue weighted by Crippen LogP contribution is 2.15. The number of hydrogen-bond donors (Lipinski definition) is 3. The first kappa shape index (κ1) is 12.8. The number of carboxylic acid groups (broad SMARTS) is 1. The largest absolute Gasteiger partial charge is 0.465 e. The van der Waals surface area contributed by atoms with Gasteiger partial charge in [0.15, 0.2) is 0 Å². The number of aliphatic hydroxyl groups excluding tert-OH is 1. The summed E-state index contributed by atoms with van der Waals surface area (Å²) < 4.78 is 0. The van der Waals surface area contributed by atoms with E-state index in [4.69, 9.17) is 10.2 Å². The second kappa shape index (κ2) is 5.16. The minimum atomic E-state index is -1.19. The number of carbonyl (C=O) groups excluding carboxylic acids is 1. The number of nitrogens with zero attached hydrogens (tertiary/aromatic N) is 1. The molecule has 0 saturated carbocycles. The molecule has 1 aliphatic heterocycles. The minimum absolute atomic E-state index is 0.0543. The van der Waals surface area contributed by atoms with Gasteiger partial charge in [-0.15, -0.1) is 0 Å². The van der Waals surface area contributed by atoms with Crippen LogP contribution in [-0.2, 0) is 4.79 Å². The lowest BCUT2D eigenvalue weighted by Gasteiger charge is -2.39. The van der Waals surface area contributed by atoms with Crippen molar-refractivity contribution in [2.24, 2.45) is 5.92 Å². The number of aliphatic hydroxyl groups is 1. The lowest BCUT2D eigenvalue weighted by atomic mass is 9.96. The van der Waals surface area contributed by atoms with Crippen LogP contribution in [0.25, 0.3) is 0 Å². The topological polar surface area (TPSA) is 89.9 Å². The quantitative estimate of drug-likeness (QED) is 0.627. The minimum Gasteiger partial charge on any atom is -0.465 e. The van der Waals surface area contributed by atoms with Crippen molar-refractivity contribution in [3.8, 4) is 0 Å². The van der Waals surface area contributed by atoms with Crippen LogP contribution in [0.1, 0.15) is 20.3 Å². The summed E-state index contributed by atoms with van der Waals surface area (Å²) in [5, 5.41) is 20.0. The summed E-state index contributed by atoms with van der Waals surface area (Å²) in [7, 11) is 0. The number of nitrogens with one attached hydrogen (secondary N) is 1. The average molecular weight is 230 g/mol. The molecule has 2 amide bonds. The van der Waals surface area contributed by atoms with Gasteiger partial charge in [0, 0.05) is 13.1 Å². The number of β-amino-alcohol motifs (C(OH)–C–C–N with tert-alkyl or cyclic N) is 1. The zero-order valence-corrected chi connectivity index (χ0v) is 9.51. The van der Waals surface area contributed by atoms with Crippen LogP contribution in [0.5, 0.6) is 0 Å². The zero-order chi connectivity index (χ0) is 12.3. The third-order valence-corrected chi connectivity index (χ3v) is 2.93. The molecule has 0 unspecified atom stereocenters. The third-order valence-electron chi connectivity index (χ3n) is 2.93. The van der Waals surface area contributed by atoms with Gasteiger partial charge in [-0.1, -0.05) is 20.3 Å². The van der Waals surface area contributed by atoms with Gasteiger partial charge >= 0.3 is 6.09 Å². The van der Waals surface area contributed by atoms with Crippen LogP contribution in [-0.4, -0.2) is 52.3 Å². The van der Waals surface area contributed by atoms with Gasteiger partial charge in [0.2, 0.25) is 5.91 Å². The van der Waals surface area contributed by atoms with Crippen molar-refractivity contribution in [1.29, 1.82) is 0 Å². The van der Waals surface area contributed by atoms with Gasteiger partial charge in [-0.2, -0.15) is 0 Å². The van der Waals surface area contributed by atoms with E-state index in [1.807, 2.05) is 13.8 Å². The smallest absolute Gasteiger partial charge is 0.405 e. The summed E-state index contributed by atoms with van der Waals surface area (Å²) in [6, 6.07) is -0.713. The van der Waals surface area contributed by atoms with Crippen molar-refractivity contribution in [2.45, 2.75) is 32.4 Å². The fraction of sp³-hybridized carbons (Fsp3) is 0.800. The fourth-order valence-electron chi connectivity index (χ4n) is 1.65. The van der Waals surface area contributed by atoms with Gasteiger partial charge in [0.25, 0.3) is 0 Å². The Morgan fingerprint density at radius 2 is 2.06 bits per heavy atom. The SMILES string of the molecule is CC[C@H](C)[C@H](NC(=O)O)C(=O)N1CC(O)C1. The normalized spacial score (nSPS) is 19.8. The zero-order valence-electron chi connectivity index (χ0n) is 9.51. The Hall–Kier alpha value is -1.30. The van der Waals surface area contributed by atoms with Gasteiger partial charge in [-0.25, -0.2) is 4.79 Å². The Labute approximate surface area is 94.2 Å². The molecule has 6 heteroatoms. The molecule has 0 spiro atoms. The van der Waals surface area contributed by atoms with Crippen LogP contribution in [0.2, 0.25) is 0 Å². The van der Waals surface area contributed by atoms with E-state index in [1.54, 1.807) is 0 Å². The van der Waals surface area contributed by atoms with Crippen molar-refractivity contribution in [2.75, 3.05) is 13.1 Å². The molecule has 6 nitrogen and oxygen atoms in total. The molecule has 0 aliphatic carbocycles. The molecule has 1 aliphatic rings. The first-order valence-electron chi connectivity index (χ1n) is 5.42. The van der Waals surface area contributed by atoms with Crippen molar-refractivity contribution in [3.05, 3.63) is 0 Å². The molecule has 3 N–H and O–H groups in total. The van der Waals surface area contributed by atoms with Crippen molar-refractivity contribution in [1.82, 2.24) is 10.2 Å². The van der Waals surface area contributed by atoms with E-state index >= 15 is 0 Å². The Bertz CT molecular complexity index is 276. The van der Waals surface area contributed by atoms with Gasteiger partial charge < -0.3 is 20.4 Å². The van der Waals surface area contributed by atoms with E-state index in [9.17, 15) is 9.59 Å². The molecule has 0 aromatic carbocycles. The Kier molecular flexibility index (Phi) is 4.12. The van der Waals surface area contributed by atoms with Crippen LogP contribution in [0.4, 0.5) is 4.79 Å². The maximum absolute atomic E-state index is 11.9. The molecule has 2 atom stereocenters. The van der Waals surface area contributed by atoms with Gasteiger partial charge in [-0.05, 0) is 5.92 Å². The first-order chi connectivity index (χ1) is 7.45. The predicted molar refractivity (Wildman–Crippen MR) is 57.0 cm³/mol. The third kappa shape index (κ3) is 2.85. The molecule has 0 bridgehead atoms. The van der Waals surface area contributed by atoms with Crippen LogP contribution in [0.3, 0.4) is 0 Å². The monoisotopic (exact) mass is 230 g/mol. The van der Waals surface area contributed by atoms with E-state index < -0.39 is 18.2 Å². The van der Waals surface area contributed by atoms with E-state index in [0.717, 1.165) is 0 Å². The van der Waals surface area contributed by atoms with E-state index in [-0.39, 0.29) is 11.8 Å². The van der Waals surface area contributed by atoms with Crippen LogP contribution in [0.15, 0.2) is 0 Å². The second-order valence-corrected chi connectivity index (χ2v) is 4.21. The number of carbonyl (C=O) groups is 2. The molecule has 1 rings (SSSR count). The van der Waals surface area contributed by atoms with Crippen LogP contribution >= 0.6 is 0 Å². The summed E-state index contributed by atoms with van der Waals surface area (Å²) >= 11 is 0. The maximum Gasteiger partial charge on any atom is 0.405 e. The Morgan fingerprint density at radius 3 is 2.44 bits per heavy atom. The molecular formula is C10H18N2O4. The average Bonchev–Trinajstić information content (AvgIpc) is 2.19. The van der Waals surface area contributed by atoms with Crippen molar-refractivity contribution >= 4 is 12.0 Å². The van der Waals surface area contributed by atoms with E-state index in [2.05, 4.69) is 5.32 Å². The molecule has 1 fully saturated rings. The van der Waals surface area contributed by atoms with E-state index in [1.165, 1.54) is 4.90 Å². The van der Waals surface area contributed by atoms with Gasteiger partial charge in [-0.3, -0.25) is 4.79 Å².